The summed E-state index contributed by atoms with van der Waals surface area (Å²) in [5.41, 5.74) is 0.540. The third-order valence-corrected chi connectivity index (χ3v) is 5.23. The molecule has 144 valence electrons. The third-order valence-electron chi connectivity index (χ3n) is 5.23. The lowest BCUT2D eigenvalue weighted by Gasteiger charge is -2.37. The van der Waals surface area contributed by atoms with Crippen LogP contribution in [0.4, 0.5) is 0 Å². The second kappa shape index (κ2) is 9.35. The van der Waals surface area contributed by atoms with Crippen LogP contribution in [0.3, 0.4) is 0 Å². The van der Waals surface area contributed by atoms with E-state index in [1.165, 1.54) is 0 Å². The van der Waals surface area contributed by atoms with Crippen molar-refractivity contribution in [2.45, 2.75) is 38.3 Å². The molecule has 1 N–H and O–H groups in total. The molecule has 1 aromatic carbocycles. The molecule has 1 saturated carbocycles. The second-order valence-corrected chi connectivity index (χ2v) is 6.98. The predicted molar refractivity (Wildman–Crippen MR) is 97.4 cm³/mol. The molecule has 0 spiro atoms. The molecule has 0 radical (unpaired) electrons. The summed E-state index contributed by atoms with van der Waals surface area (Å²) in [6.07, 6.45) is 3.21. The number of carbonyl (C=O) groups excluding carboxylic acids is 1. The van der Waals surface area contributed by atoms with E-state index >= 15 is 0 Å². The Morgan fingerprint density at radius 2 is 2.12 bits per heavy atom. The zero-order chi connectivity index (χ0) is 18.4. The van der Waals surface area contributed by atoms with E-state index in [0.717, 1.165) is 44.7 Å². The number of morpholine rings is 1. The Balaban J connectivity index is 1.40. The van der Waals surface area contributed by atoms with Gasteiger partial charge in [-0.15, -0.1) is 0 Å². The molecule has 0 amide bonds. The lowest BCUT2D eigenvalue weighted by atomic mass is 10.1. The minimum Gasteiger partial charge on any atom is -0.494 e. The number of fused-ring (bicyclic) bond motifs is 1. The zero-order valence-corrected chi connectivity index (χ0v) is 15.4. The van der Waals surface area contributed by atoms with Crippen molar-refractivity contribution in [3.8, 4) is 5.75 Å². The fraction of sp³-hybridized carbons (Fsp3) is 0.650. The first-order chi connectivity index (χ1) is 12.7. The summed E-state index contributed by atoms with van der Waals surface area (Å²) in [4.78, 5) is 14.1. The third kappa shape index (κ3) is 4.75. The van der Waals surface area contributed by atoms with Crippen LogP contribution in [0.2, 0.25) is 0 Å². The number of aliphatic hydroxyl groups is 1. The van der Waals surface area contributed by atoms with Gasteiger partial charge in [0.15, 0.2) is 0 Å². The topological polar surface area (TPSA) is 68.2 Å². The summed E-state index contributed by atoms with van der Waals surface area (Å²) in [6, 6.07) is 7.50. The number of ether oxygens (including phenoxy) is 3. The van der Waals surface area contributed by atoms with Gasteiger partial charge in [-0.25, -0.2) is 4.79 Å². The van der Waals surface area contributed by atoms with Crippen molar-refractivity contribution in [3.63, 3.8) is 0 Å². The van der Waals surface area contributed by atoms with E-state index in [1.807, 2.05) is 0 Å². The maximum Gasteiger partial charge on any atom is 0.338 e. The lowest BCUT2D eigenvalue weighted by Crippen LogP contribution is -2.48. The first-order valence-corrected chi connectivity index (χ1v) is 9.57. The Bertz CT molecular complexity index is 576. The Kier molecular flexibility index (Phi) is 6.88. The molecule has 1 aliphatic carbocycles. The monoisotopic (exact) mass is 363 g/mol. The van der Waals surface area contributed by atoms with Gasteiger partial charge < -0.3 is 19.3 Å². The minimum absolute atomic E-state index is 0.259. The van der Waals surface area contributed by atoms with E-state index in [0.29, 0.717) is 30.7 Å². The number of aliphatic hydroxyl groups excluding tert-OH is 1. The first kappa shape index (κ1) is 19.1. The van der Waals surface area contributed by atoms with Gasteiger partial charge in [0.25, 0.3) is 0 Å². The molecule has 0 aromatic heterocycles. The molecule has 1 heterocycles. The normalized spacial score (nSPS) is 25.7. The van der Waals surface area contributed by atoms with Crippen LogP contribution in [-0.4, -0.2) is 67.6 Å². The van der Waals surface area contributed by atoms with E-state index in [4.69, 9.17) is 14.2 Å². The highest BCUT2D eigenvalue weighted by Gasteiger charge is 2.40. The molecule has 1 unspecified atom stereocenters. The summed E-state index contributed by atoms with van der Waals surface area (Å²) < 4.78 is 16.6. The van der Waals surface area contributed by atoms with Crippen molar-refractivity contribution in [2.24, 2.45) is 5.92 Å². The lowest BCUT2D eigenvalue weighted by molar-refractivity contribution is -0.0566. The predicted octanol–water partition coefficient (Wildman–Crippen LogP) is 2.10. The Morgan fingerprint density at radius 3 is 2.85 bits per heavy atom. The first-order valence-electron chi connectivity index (χ1n) is 9.57. The van der Waals surface area contributed by atoms with Gasteiger partial charge in [0.1, 0.15) is 5.75 Å². The highest BCUT2D eigenvalue weighted by Crippen LogP contribution is 2.33. The summed E-state index contributed by atoms with van der Waals surface area (Å²) in [7, 11) is 0. The zero-order valence-electron chi connectivity index (χ0n) is 15.4. The SMILES string of the molecule is CCOC(=O)c1ccc(OCCCN2CCOC3C[C@H](CO)C[C@@H]32)cc1. The fourth-order valence-corrected chi connectivity index (χ4v) is 3.91. The highest BCUT2D eigenvalue weighted by molar-refractivity contribution is 5.89. The molecule has 3 atom stereocenters. The van der Waals surface area contributed by atoms with Gasteiger partial charge in [-0.05, 0) is 56.4 Å². The number of benzene rings is 1. The molecule has 2 aliphatic rings. The van der Waals surface area contributed by atoms with Gasteiger partial charge in [0, 0.05) is 25.7 Å². The summed E-state index contributed by atoms with van der Waals surface area (Å²) in [5.74, 6) is 0.831. The molecule has 6 heteroatoms. The van der Waals surface area contributed by atoms with E-state index in [9.17, 15) is 9.90 Å². The van der Waals surface area contributed by atoms with Gasteiger partial charge in [-0.2, -0.15) is 0 Å². The van der Waals surface area contributed by atoms with Crippen LogP contribution >= 0.6 is 0 Å². The number of carbonyl (C=O) groups is 1. The fourth-order valence-electron chi connectivity index (χ4n) is 3.91. The van der Waals surface area contributed by atoms with Gasteiger partial charge in [-0.3, -0.25) is 4.90 Å². The van der Waals surface area contributed by atoms with Crippen LogP contribution in [0.1, 0.15) is 36.5 Å². The molecule has 1 saturated heterocycles. The molecule has 0 bridgehead atoms. The average molecular weight is 363 g/mol. The van der Waals surface area contributed by atoms with E-state index in [-0.39, 0.29) is 18.7 Å². The quantitative estimate of drug-likeness (QED) is 0.564. The van der Waals surface area contributed by atoms with Crippen molar-refractivity contribution in [1.29, 1.82) is 0 Å². The molecule has 2 fully saturated rings. The van der Waals surface area contributed by atoms with Crippen LogP contribution in [-0.2, 0) is 9.47 Å². The van der Waals surface area contributed by atoms with E-state index in [2.05, 4.69) is 4.90 Å². The molecule has 6 nitrogen and oxygen atoms in total. The van der Waals surface area contributed by atoms with Gasteiger partial charge >= 0.3 is 5.97 Å². The Morgan fingerprint density at radius 1 is 1.31 bits per heavy atom. The smallest absolute Gasteiger partial charge is 0.338 e. The van der Waals surface area contributed by atoms with Gasteiger partial charge in [0.2, 0.25) is 0 Å². The van der Waals surface area contributed by atoms with Gasteiger partial charge in [-0.1, -0.05) is 0 Å². The van der Waals surface area contributed by atoms with Crippen LogP contribution in [0.5, 0.6) is 5.75 Å². The molecular formula is C20H29NO5. The van der Waals surface area contributed by atoms with Crippen molar-refractivity contribution in [1.82, 2.24) is 4.90 Å². The summed E-state index contributed by atoms with van der Waals surface area (Å²) in [6.45, 7) is 5.76. The van der Waals surface area contributed by atoms with Gasteiger partial charge in [0.05, 0.1) is 31.5 Å². The minimum atomic E-state index is -0.307. The largest absolute Gasteiger partial charge is 0.494 e. The van der Waals surface area contributed by atoms with Crippen LogP contribution in [0, 0.1) is 5.92 Å². The maximum atomic E-state index is 11.6. The molecule has 26 heavy (non-hydrogen) atoms. The van der Waals surface area contributed by atoms with Crippen LogP contribution in [0.15, 0.2) is 24.3 Å². The number of nitrogens with zero attached hydrogens (tertiary/aromatic N) is 1. The summed E-state index contributed by atoms with van der Waals surface area (Å²) >= 11 is 0. The average Bonchev–Trinajstić information content (AvgIpc) is 3.10. The van der Waals surface area contributed by atoms with Crippen molar-refractivity contribution in [3.05, 3.63) is 29.8 Å². The van der Waals surface area contributed by atoms with Crippen LogP contribution in [0.25, 0.3) is 0 Å². The molecular weight excluding hydrogens is 334 g/mol. The molecule has 1 aliphatic heterocycles. The number of hydrogen-bond donors (Lipinski definition) is 1. The number of hydrogen-bond acceptors (Lipinski definition) is 6. The van der Waals surface area contributed by atoms with Crippen LogP contribution < -0.4 is 4.74 Å². The van der Waals surface area contributed by atoms with Crippen molar-refractivity contribution in [2.75, 3.05) is 39.5 Å². The Labute approximate surface area is 155 Å². The highest BCUT2D eigenvalue weighted by atomic mass is 16.5. The number of rotatable bonds is 8. The second-order valence-electron chi connectivity index (χ2n) is 6.98. The maximum absolute atomic E-state index is 11.6. The van der Waals surface area contributed by atoms with Crippen molar-refractivity contribution < 1.29 is 24.1 Å². The standard InChI is InChI=1S/C20H29NO5/c1-2-24-20(23)16-4-6-17(7-5-16)25-10-3-8-21-9-11-26-19-13-15(14-22)12-18(19)21/h4-7,15,18-19,22H,2-3,8-14H2,1H3/t15-,18+,19?/m1/s1. The molecule has 3 rings (SSSR count). The number of esters is 1. The van der Waals surface area contributed by atoms with Crippen molar-refractivity contribution >= 4 is 5.97 Å². The Hall–Kier alpha value is -1.63. The van der Waals surface area contributed by atoms with E-state index < -0.39 is 0 Å². The summed E-state index contributed by atoms with van der Waals surface area (Å²) in [5, 5.41) is 9.40. The molecule has 1 aromatic rings. The van der Waals surface area contributed by atoms with E-state index in [1.54, 1.807) is 31.2 Å².